The molecule has 0 N–H and O–H groups in total. The molecule has 5 heteroatoms. The Morgan fingerprint density at radius 3 is 1.93 bits per heavy atom. The van der Waals surface area contributed by atoms with Gasteiger partial charge in [0.15, 0.2) is 16.6 Å². The number of aryl methyl sites for hydroxylation is 3. The summed E-state index contributed by atoms with van der Waals surface area (Å²) in [6, 6.07) is 41.8. The average molecular weight is 558 g/mol. The highest BCUT2D eigenvalue weighted by molar-refractivity contribution is 6.09. The zero-order valence-corrected chi connectivity index (χ0v) is 24.2. The van der Waals surface area contributed by atoms with Crippen LogP contribution in [0.5, 0.6) is 0 Å². The number of para-hydroxylation sites is 2. The second-order valence-corrected chi connectivity index (χ2v) is 11.1. The number of aromatic nitrogens is 4. The molecular formula is C38H29N4O+. The minimum atomic E-state index is 0.625. The maximum absolute atomic E-state index is 6.66. The normalized spacial score (nSPS) is 11.6. The van der Waals surface area contributed by atoms with E-state index >= 15 is 0 Å². The minimum Gasteiger partial charge on any atom is -0.437 e. The van der Waals surface area contributed by atoms with E-state index in [0.29, 0.717) is 5.71 Å². The summed E-state index contributed by atoms with van der Waals surface area (Å²) < 4.78 is 11.2. The molecule has 4 aromatic carbocycles. The molecule has 43 heavy (non-hydrogen) atoms. The van der Waals surface area contributed by atoms with Gasteiger partial charge in [0, 0.05) is 27.5 Å². The second-order valence-electron chi connectivity index (χ2n) is 11.1. The summed E-state index contributed by atoms with van der Waals surface area (Å²) in [4.78, 5) is 10.1. The van der Waals surface area contributed by atoms with Gasteiger partial charge in [0.1, 0.15) is 5.56 Å². The van der Waals surface area contributed by atoms with Gasteiger partial charge in [0.05, 0.1) is 31.2 Å². The molecule has 206 valence electrons. The van der Waals surface area contributed by atoms with Crippen LogP contribution in [0.2, 0.25) is 0 Å². The van der Waals surface area contributed by atoms with E-state index in [4.69, 9.17) is 14.4 Å². The molecule has 0 bridgehead atoms. The fourth-order valence-electron chi connectivity index (χ4n) is 6.27. The molecule has 0 spiro atoms. The number of rotatable bonds is 4. The number of pyridine rings is 2. The third kappa shape index (κ3) is 4.04. The van der Waals surface area contributed by atoms with E-state index in [9.17, 15) is 0 Å². The molecule has 0 aliphatic rings. The molecule has 8 aromatic rings. The van der Waals surface area contributed by atoms with Crippen molar-refractivity contribution in [3.63, 3.8) is 0 Å². The first-order valence-electron chi connectivity index (χ1n) is 14.5. The zero-order chi connectivity index (χ0) is 29.1. The van der Waals surface area contributed by atoms with Crippen molar-refractivity contribution in [2.75, 3.05) is 0 Å². The number of imidazole rings is 1. The van der Waals surface area contributed by atoms with E-state index < -0.39 is 0 Å². The van der Waals surface area contributed by atoms with Gasteiger partial charge in [-0.25, -0.2) is 19.1 Å². The largest absolute Gasteiger partial charge is 0.437 e. The monoisotopic (exact) mass is 557 g/mol. The summed E-state index contributed by atoms with van der Waals surface area (Å²) in [5.74, 6) is 1.10. The van der Waals surface area contributed by atoms with Gasteiger partial charge in [-0.1, -0.05) is 84.9 Å². The van der Waals surface area contributed by atoms with Crippen LogP contribution < -0.4 is 4.57 Å². The Morgan fingerprint density at radius 2 is 1.26 bits per heavy atom. The lowest BCUT2D eigenvalue weighted by Gasteiger charge is -2.10. The van der Waals surface area contributed by atoms with Crippen LogP contribution in [-0.4, -0.2) is 14.5 Å². The van der Waals surface area contributed by atoms with Crippen molar-refractivity contribution in [2.24, 2.45) is 14.1 Å². The van der Waals surface area contributed by atoms with E-state index in [1.807, 2.05) is 36.4 Å². The molecule has 0 radical (unpaired) electrons. The lowest BCUT2D eigenvalue weighted by atomic mass is 10.0. The van der Waals surface area contributed by atoms with E-state index in [1.165, 1.54) is 11.0 Å². The molecular weight excluding hydrogens is 528 g/mol. The Balaban J connectivity index is 1.33. The summed E-state index contributed by atoms with van der Waals surface area (Å²) in [6.45, 7) is 2.14. The van der Waals surface area contributed by atoms with Crippen molar-refractivity contribution in [3.8, 4) is 45.2 Å². The van der Waals surface area contributed by atoms with Crippen molar-refractivity contribution in [2.45, 2.75) is 6.92 Å². The van der Waals surface area contributed by atoms with Gasteiger partial charge in [-0.15, -0.1) is 0 Å². The SMILES string of the molecule is Cc1ccc2c(oc3nc(-c4cc(-c5ccccc5)nc(-c5ccccc5)c4)ccc32)c1-c1n(C)c2ccccc2[n+]1C. The van der Waals surface area contributed by atoms with Crippen LogP contribution in [0.15, 0.2) is 126 Å². The van der Waals surface area contributed by atoms with Crippen LogP contribution in [0.4, 0.5) is 0 Å². The quantitative estimate of drug-likeness (QED) is 0.203. The summed E-state index contributed by atoms with van der Waals surface area (Å²) in [6.07, 6.45) is 0. The first kappa shape index (κ1) is 25.2. The molecule has 4 heterocycles. The molecule has 0 unspecified atom stereocenters. The molecule has 0 aliphatic carbocycles. The van der Waals surface area contributed by atoms with Crippen LogP contribution in [0.1, 0.15) is 5.56 Å². The van der Waals surface area contributed by atoms with Crippen molar-refractivity contribution in [1.29, 1.82) is 0 Å². The fourth-order valence-corrected chi connectivity index (χ4v) is 6.27. The lowest BCUT2D eigenvalue weighted by Crippen LogP contribution is -2.30. The summed E-state index contributed by atoms with van der Waals surface area (Å²) in [5.41, 5.74) is 11.8. The van der Waals surface area contributed by atoms with Crippen LogP contribution in [0.3, 0.4) is 0 Å². The van der Waals surface area contributed by atoms with Gasteiger partial charge >= 0.3 is 0 Å². The lowest BCUT2D eigenvalue weighted by molar-refractivity contribution is -0.634. The standard InChI is InChI=1S/C38H29N4O/c1-24-18-19-28-29-20-21-30(27-22-31(25-12-6-4-7-13-25)39-32(23-27)26-14-8-5-9-15-26)40-37(29)43-36(28)35(24)38-41(2)33-16-10-11-17-34(33)42(38)3/h4-23H,1-3H3/q+1. The first-order chi connectivity index (χ1) is 21.1. The number of hydrogen-bond acceptors (Lipinski definition) is 3. The fraction of sp³-hybridized carbons (Fsp3) is 0.0789. The van der Waals surface area contributed by atoms with Gasteiger partial charge in [0.25, 0.3) is 5.82 Å². The molecule has 0 atom stereocenters. The molecule has 0 saturated carbocycles. The molecule has 4 aromatic heterocycles. The number of fused-ring (bicyclic) bond motifs is 4. The number of benzene rings is 4. The molecule has 8 rings (SSSR count). The summed E-state index contributed by atoms with van der Waals surface area (Å²) in [7, 11) is 4.24. The van der Waals surface area contributed by atoms with Gasteiger partial charge in [-0.2, -0.15) is 0 Å². The Morgan fingerprint density at radius 1 is 0.628 bits per heavy atom. The molecule has 0 fully saturated rings. The van der Waals surface area contributed by atoms with E-state index in [-0.39, 0.29) is 0 Å². The Bertz CT molecular complexity index is 2220. The van der Waals surface area contributed by atoms with E-state index in [1.54, 1.807) is 0 Å². The molecule has 5 nitrogen and oxygen atoms in total. The number of hydrogen-bond donors (Lipinski definition) is 0. The summed E-state index contributed by atoms with van der Waals surface area (Å²) in [5, 5.41) is 2.06. The maximum Gasteiger partial charge on any atom is 0.293 e. The number of nitrogens with zero attached hydrogens (tertiary/aromatic N) is 4. The Labute approximate surface area is 249 Å². The van der Waals surface area contributed by atoms with Gasteiger partial charge in [-0.3, -0.25) is 0 Å². The van der Waals surface area contributed by atoms with E-state index in [2.05, 4.69) is 115 Å². The highest BCUT2D eigenvalue weighted by atomic mass is 16.3. The zero-order valence-electron chi connectivity index (χ0n) is 24.2. The average Bonchev–Trinajstić information content (AvgIpc) is 3.55. The van der Waals surface area contributed by atoms with E-state index in [0.717, 1.165) is 67.1 Å². The molecule has 0 saturated heterocycles. The van der Waals surface area contributed by atoms with Crippen molar-refractivity contribution in [1.82, 2.24) is 14.5 Å². The predicted octanol–water partition coefficient (Wildman–Crippen LogP) is 8.67. The molecule has 0 aliphatic heterocycles. The van der Waals surface area contributed by atoms with Crippen molar-refractivity contribution >= 4 is 33.1 Å². The van der Waals surface area contributed by atoms with Crippen LogP contribution in [-0.2, 0) is 14.1 Å². The smallest absolute Gasteiger partial charge is 0.293 e. The van der Waals surface area contributed by atoms with Crippen LogP contribution in [0.25, 0.3) is 78.3 Å². The minimum absolute atomic E-state index is 0.625. The van der Waals surface area contributed by atoms with Gasteiger partial charge in [0.2, 0.25) is 5.71 Å². The Hall–Kier alpha value is -5.55. The topological polar surface area (TPSA) is 47.7 Å². The van der Waals surface area contributed by atoms with Crippen molar-refractivity contribution < 1.29 is 8.98 Å². The van der Waals surface area contributed by atoms with Gasteiger partial charge < -0.3 is 4.42 Å². The predicted molar refractivity (Wildman–Crippen MR) is 173 cm³/mol. The highest BCUT2D eigenvalue weighted by Gasteiger charge is 2.27. The second kappa shape index (κ2) is 9.78. The maximum atomic E-state index is 6.66. The molecule has 0 amide bonds. The van der Waals surface area contributed by atoms with Crippen molar-refractivity contribution in [3.05, 3.63) is 127 Å². The van der Waals surface area contributed by atoms with Crippen LogP contribution >= 0.6 is 0 Å². The third-order valence-corrected chi connectivity index (χ3v) is 8.44. The third-order valence-electron chi connectivity index (χ3n) is 8.44. The first-order valence-corrected chi connectivity index (χ1v) is 14.5. The number of furan rings is 1. The summed E-state index contributed by atoms with van der Waals surface area (Å²) >= 11 is 0. The van der Waals surface area contributed by atoms with Gasteiger partial charge in [-0.05, 0) is 48.9 Å². The van der Waals surface area contributed by atoms with Crippen LogP contribution in [0, 0.1) is 6.92 Å². The highest BCUT2D eigenvalue weighted by Crippen LogP contribution is 2.38. The Kier molecular flexibility index (Phi) is 5.73.